The first-order valence-corrected chi connectivity index (χ1v) is 10.3. The number of hydrogen-bond donors (Lipinski definition) is 4. The van der Waals surface area contributed by atoms with Crippen LogP contribution in [0, 0.1) is 0 Å². The van der Waals surface area contributed by atoms with Crippen molar-refractivity contribution in [3.8, 4) is 0 Å². The Morgan fingerprint density at radius 3 is 2.66 bits per heavy atom. The molecule has 8 nitrogen and oxygen atoms in total. The Balaban J connectivity index is 1.56. The number of anilines is 1. The van der Waals surface area contributed by atoms with Crippen LogP contribution < -0.4 is 16.4 Å². The van der Waals surface area contributed by atoms with Gasteiger partial charge in [-0.2, -0.15) is 13.2 Å². The highest BCUT2D eigenvalue weighted by molar-refractivity contribution is 5.92. The van der Waals surface area contributed by atoms with Crippen molar-refractivity contribution >= 4 is 40.4 Å². The van der Waals surface area contributed by atoms with E-state index in [1.54, 1.807) is 12.1 Å². The van der Waals surface area contributed by atoms with Gasteiger partial charge in [0.25, 0.3) is 0 Å². The fourth-order valence-corrected chi connectivity index (χ4v) is 3.42. The number of carboxylic acid groups (broad SMARTS) is 1. The molecule has 4 rings (SSSR count). The van der Waals surface area contributed by atoms with Crippen molar-refractivity contribution in [2.75, 3.05) is 12.3 Å². The van der Waals surface area contributed by atoms with Crippen molar-refractivity contribution in [3.63, 3.8) is 0 Å². The molecule has 1 aliphatic rings. The Labute approximate surface area is 196 Å². The molecule has 11 heteroatoms. The van der Waals surface area contributed by atoms with E-state index >= 15 is 0 Å². The molecule has 5 N–H and O–H groups in total. The molecule has 0 aliphatic carbocycles. The summed E-state index contributed by atoms with van der Waals surface area (Å²) in [5.41, 5.74) is 5.49. The maximum atomic E-state index is 13.8. The van der Waals surface area contributed by atoms with Gasteiger partial charge in [0.05, 0.1) is 17.7 Å². The van der Waals surface area contributed by atoms with Crippen LogP contribution in [0.4, 0.5) is 19.0 Å². The topological polar surface area (TPSA) is 130 Å². The van der Waals surface area contributed by atoms with Gasteiger partial charge in [0.15, 0.2) is 0 Å². The number of benzene rings is 1. The van der Waals surface area contributed by atoms with Gasteiger partial charge in [-0.15, -0.1) is 0 Å². The number of hydrogen-bond acceptors (Lipinski definition) is 6. The first kappa shape index (κ1) is 23.6. The van der Waals surface area contributed by atoms with E-state index in [-0.39, 0.29) is 41.0 Å². The molecule has 1 aliphatic heterocycles. The number of rotatable bonds is 6. The zero-order valence-corrected chi connectivity index (χ0v) is 18.0. The maximum absolute atomic E-state index is 13.8. The highest BCUT2D eigenvalue weighted by Gasteiger charge is 2.35. The van der Waals surface area contributed by atoms with Gasteiger partial charge in [-0.05, 0) is 59.7 Å². The number of fused-ring (bicyclic) bond motifs is 1. The van der Waals surface area contributed by atoms with Crippen LogP contribution in [0.15, 0.2) is 64.7 Å². The lowest BCUT2D eigenvalue weighted by molar-refractivity contribution is -0.137. The summed E-state index contributed by atoms with van der Waals surface area (Å²) >= 11 is 0. The highest BCUT2D eigenvalue weighted by atomic mass is 19.4. The molecule has 3 heterocycles. The molecule has 0 saturated carbocycles. The number of halogens is 3. The minimum absolute atomic E-state index is 0.0246. The first-order chi connectivity index (χ1) is 16.6. The summed E-state index contributed by atoms with van der Waals surface area (Å²) in [6.45, 7) is -0.153. The van der Waals surface area contributed by atoms with Crippen molar-refractivity contribution in [1.82, 2.24) is 15.6 Å². The number of aliphatic carboxylic acids is 1. The summed E-state index contributed by atoms with van der Waals surface area (Å²) in [7, 11) is 0. The van der Waals surface area contributed by atoms with Gasteiger partial charge in [-0.25, -0.2) is 9.78 Å². The van der Waals surface area contributed by atoms with Gasteiger partial charge in [-0.1, -0.05) is 0 Å². The number of amides is 1. The van der Waals surface area contributed by atoms with E-state index < -0.39 is 23.6 Å². The molecule has 35 heavy (non-hydrogen) atoms. The number of dihydropyridines is 1. The Morgan fingerprint density at radius 1 is 1.23 bits per heavy atom. The van der Waals surface area contributed by atoms with Crippen molar-refractivity contribution in [3.05, 3.63) is 82.8 Å². The van der Waals surface area contributed by atoms with E-state index in [4.69, 9.17) is 15.3 Å². The van der Waals surface area contributed by atoms with E-state index in [1.807, 2.05) is 0 Å². The lowest BCUT2D eigenvalue weighted by Gasteiger charge is -2.17. The Morgan fingerprint density at radius 2 is 2.03 bits per heavy atom. The Hall–Kier alpha value is -4.54. The Kier molecular flexibility index (Phi) is 6.32. The van der Waals surface area contributed by atoms with E-state index in [9.17, 15) is 22.8 Å². The summed E-state index contributed by atoms with van der Waals surface area (Å²) in [5.74, 6) is -1.11. The SMILES string of the molecule is Nc1ccc(/C=C/C(=O)NCc2cc3cc(C4=CC=C(C(=O)O)CN4)cc(C(F)(F)F)c3o2)cn1. The number of aromatic nitrogens is 1. The summed E-state index contributed by atoms with van der Waals surface area (Å²) < 4.78 is 46.7. The van der Waals surface area contributed by atoms with Gasteiger partial charge in [-0.3, -0.25) is 4.79 Å². The normalized spacial score (nSPS) is 13.9. The monoisotopic (exact) mass is 484 g/mol. The number of furan rings is 1. The minimum Gasteiger partial charge on any atom is -0.478 e. The molecule has 1 amide bonds. The number of carbonyl (C=O) groups is 2. The number of nitrogens with one attached hydrogen (secondary N) is 2. The lowest BCUT2D eigenvalue weighted by Crippen LogP contribution is -2.22. The van der Waals surface area contributed by atoms with Crippen LogP contribution in [0.2, 0.25) is 0 Å². The van der Waals surface area contributed by atoms with Crippen LogP contribution >= 0.6 is 0 Å². The predicted molar refractivity (Wildman–Crippen MR) is 122 cm³/mol. The van der Waals surface area contributed by atoms with Crippen LogP contribution in [0.1, 0.15) is 22.5 Å². The van der Waals surface area contributed by atoms with Crippen LogP contribution in [0.3, 0.4) is 0 Å². The number of alkyl halides is 3. The largest absolute Gasteiger partial charge is 0.478 e. The van der Waals surface area contributed by atoms with Gasteiger partial charge < -0.3 is 25.9 Å². The van der Waals surface area contributed by atoms with Crippen LogP contribution in [-0.2, 0) is 22.3 Å². The quantitative estimate of drug-likeness (QED) is 0.393. The molecule has 0 bridgehead atoms. The zero-order chi connectivity index (χ0) is 25.2. The molecule has 0 spiro atoms. The van der Waals surface area contributed by atoms with E-state index in [1.165, 1.54) is 42.6 Å². The predicted octanol–water partition coefficient (Wildman–Crippen LogP) is 3.71. The standard InChI is InChI=1S/C24H19F3N4O4/c25-24(26,27)18-9-15(19-4-3-14(11-29-19)23(33)34)7-16-8-17(35-22(16)18)12-31-21(32)6-2-13-1-5-20(28)30-10-13/h1-10,29H,11-12H2,(H2,28,30)(H,31,32)(H,33,34)/b6-2+. The van der Waals surface area contributed by atoms with Gasteiger partial charge >= 0.3 is 12.1 Å². The molecule has 0 radical (unpaired) electrons. The smallest absolute Gasteiger partial charge is 0.420 e. The number of nitrogens with two attached hydrogens (primary N) is 1. The van der Waals surface area contributed by atoms with E-state index in [0.29, 0.717) is 17.1 Å². The third-order valence-electron chi connectivity index (χ3n) is 5.15. The summed E-state index contributed by atoms with van der Waals surface area (Å²) in [6, 6.07) is 7.13. The molecular weight excluding hydrogens is 465 g/mol. The Bertz CT molecular complexity index is 1390. The molecule has 2 aromatic heterocycles. The van der Waals surface area contributed by atoms with Crippen LogP contribution in [0.25, 0.3) is 22.7 Å². The third-order valence-corrected chi connectivity index (χ3v) is 5.15. The number of carbonyl (C=O) groups excluding carboxylic acids is 1. The summed E-state index contributed by atoms with van der Waals surface area (Å²) in [5, 5.41) is 14.6. The average molecular weight is 484 g/mol. The molecule has 0 unspecified atom stereocenters. The molecular formula is C24H19F3N4O4. The van der Waals surface area contributed by atoms with Crippen LogP contribution in [-0.4, -0.2) is 28.5 Å². The van der Waals surface area contributed by atoms with Gasteiger partial charge in [0.2, 0.25) is 5.91 Å². The van der Waals surface area contributed by atoms with Gasteiger partial charge in [0, 0.05) is 29.9 Å². The summed E-state index contributed by atoms with van der Waals surface area (Å²) in [4.78, 5) is 27.1. The number of carboxylic acids is 1. The van der Waals surface area contributed by atoms with Gasteiger partial charge in [0.1, 0.15) is 17.2 Å². The third kappa shape index (κ3) is 5.52. The number of allylic oxidation sites excluding steroid dienone is 2. The molecule has 0 atom stereocenters. The minimum atomic E-state index is -4.69. The van der Waals surface area contributed by atoms with Crippen LogP contribution in [0.5, 0.6) is 0 Å². The number of nitrogens with zero attached hydrogens (tertiary/aromatic N) is 1. The molecule has 0 saturated heterocycles. The van der Waals surface area contributed by atoms with E-state index in [0.717, 1.165) is 6.07 Å². The van der Waals surface area contributed by atoms with Crippen molar-refractivity contribution in [2.45, 2.75) is 12.7 Å². The second-order valence-electron chi connectivity index (χ2n) is 7.65. The zero-order valence-electron chi connectivity index (χ0n) is 18.0. The van der Waals surface area contributed by atoms with Crippen molar-refractivity contribution < 1.29 is 32.3 Å². The highest BCUT2D eigenvalue weighted by Crippen LogP contribution is 2.38. The second kappa shape index (κ2) is 9.37. The average Bonchev–Trinajstić information content (AvgIpc) is 3.24. The van der Waals surface area contributed by atoms with Crippen molar-refractivity contribution in [2.24, 2.45) is 0 Å². The first-order valence-electron chi connectivity index (χ1n) is 10.3. The number of pyridine rings is 1. The molecule has 3 aromatic rings. The lowest BCUT2D eigenvalue weighted by atomic mass is 10.0. The second-order valence-corrected chi connectivity index (χ2v) is 7.65. The van der Waals surface area contributed by atoms with Crippen molar-refractivity contribution in [1.29, 1.82) is 0 Å². The molecule has 180 valence electrons. The molecule has 1 aromatic carbocycles. The number of nitrogen functional groups attached to an aromatic ring is 1. The molecule has 0 fully saturated rings. The maximum Gasteiger partial charge on any atom is 0.420 e. The van der Waals surface area contributed by atoms with E-state index in [2.05, 4.69) is 15.6 Å². The fourth-order valence-electron chi connectivity index (χ4n) is 3.42. The summed E-state index contributed by atoms with van der Waals surface area (Å²) in [6.07, 6.45) is 2.33. The fraction of sp³-hybridized carbons (Fsp3) is 0.125.